The number of hydrogen-bond acceptors (Lipinski definition) is 4. The first-order valence-corrected chi connectivity index (χ1v) is 8.85. The molecule has 0 saturated heterocycles. The van der Waals surface area contributed by atoms with Gasteiger partial charge in [-0.2, -0.15) is 0 Å². The Kier molecular flexibility index (Phi) is 6.75. The van der Waals surface area contributed by atoms with Gasteiger partial charge in [0.15, 0.2) is 12.4 Å². The molecule has 2 rings (SSSR count). The number of benzene rings is 1. The SMILES string of the molecule is CCC(=O)c1ccc(OCC(=O)c2cc(C)n(C(C)COC)c2C)cc1. The second-order valence-electron chi connectivity index (χ2n) is 6.47. The highest BCUT2D eigenvalue weighted by Gasteiger charge is 2.19. The van der Waals surface area contributed by atoms with Gasteiger partial charge in [-0.25, -0.2) is 0 Å². The molecule has 140 valence electrons. The van der Waals surface area contributed by atoms with Crippen LogP contribution in [-0.4, -0.2) is 36.5 Å². The molecule has 0 fully saturated rings. The lowest BCUT2D eigenvalue weighted by Crippen LogP contribution is -2.16. The number of hydrogen-bond donors (Lipinski definition) is 0. The minimum atomic E-state index is -0.0670. The maximum absolute atomic E-state index is 12.6. The number of aromatic nitrogens is 1. The second kappa shape index (κ2) is 8.81. The van der Waals surface area contributed by atoms with Crippen LogP contribution in [0.1, 0.15) is 58.4 Å². The van der Waals surface area contributed by atoms with Gasteiger partial charge >= 0.3 is 0 Å². The summed E-state index contributed by atoms with van der Waals surface area (Å²) >= 11 is 0. The van der Waals surface area contributed by atoms with Crippen LogP contribution in [0, 0.1) is 13.8 Å². The van der Waals surface area contributed by atoms with Gasteiger partial charge in [-0.15, -0.1) is 0 Å². The summed E-state index contributed by atoms with van der Waals surface area (Å²) in [5, 5.41) is 0. The third-order valence-corrected chi connectivity index (χ3v) is 4.50. The zero-order chi connectivity index (χ0) is 19.3. The summed E-state index contributed by atoms with van der Waals surface area (Å²) in [5.41, 5.74) is 3.27. The smallest absolute Gasteiger partial charge is 0.202 e. The van der Waals surface area contributed by atoms with E-state index in [0.29, 0.717) is 29.9 Å². The molecule has 1 heterocycles. The van der Waals surface area contributed by atoms with Gasteiger partial charge < -0.3 is 14.0 Å². The van der Waals surface area contributed by atoms with E-state index >= 15 is 0 Å². The van der Waals surface area contributed by atoms with Gasteiger partial charge in [-0.3, -0.25) is 9.59 Å². The number of aryl methyl sites for hydroxylation is 1. The lowest BCUT2D eigenvalue weighted by molar-refractivity contribution is 0.0919. The van der Waals surface area contributed by atoms with Crippen molar-refractivity contribution in [3.63, 3.8) is 0 Å². The van der Waals surface area contributed by atoms with E-state index in [1.165, 1.54) is 0 Å². The van der Waals surface area contributed by atoms with Gasteiger partial charge in [0.05, 0.1) is 12.6 Å². The van der Waals surface area contributed by atoms with Gasteiger partial charge in [-0.1, -0.05) is 6.92 Å². The van der Waals surface area contributed by atoms with Crippen LogP contribution in [0.15, 0.2) is 30.3 Å². The first-order chi connectivity index (χ1) is 12.4. The molecule has 26 heavy (non-hydrogen) atoms. The van der Waals surface area contributed by atoms with Gasteiger partial charge in [0.1, 0.15) is 5.75 Å². The lowest BCUT2D eigenvalue weighted by Gasteiger charge is -2.17. The highest BCUT2D eigenvalue weighted by molar-refractivity contribution is 5.98. The van der Waals surface area contributed by atoms with Crippen molar-refractivity contribution in [1.29, 1.82) is 0 Å². The summed E-state index contributed by atoms with van der Waals surface area (Å²) in [6, 6.07) is 8.95. The topological polar surface area (TPSA) is 57.5 Å². The molecule has 5 heteroatoms. The molecule has 0 spiro atoms. The van der Waals surface area contributed by atoms with Crippen LogP contribution in [0.4, 0.5) is 0 Å². The van der Waals surface area contributed by atoms with Gasteiger partial charge in [0, 0.05) is 36.0 Å². The fourth-order valence-electron chi connectivity index (χ4n) is 3.22. The van der Waals surface area contributed by atoms with E-state index in [4.69, 9.17) is 9.47 Å². The summed E-state index contributed by atoms with van der Waals surface area (Å²) < 4.78 is 12.9. The van der Waals surface area contributed by atoms with Crippen molar-refractivity contribution in [2.45, 2.75) is 40.2 Å². The van der Waals surface area contributed by atoms with E-state index in [9.17, 15) is 9.59 Å². The Morgan fingerprint density at radius 1 is 1.12 bits per heavy atom. The first-order valence-electron chi connectivity index (χ1n) is 8.85. The molecule has 1 unspecified atom stereocenters. The van der Waals surface area contributed by atoms with Crippen molar-refractivity contribution in [2.24, 2.45) is 0 Å². The van der Waals surface area contributed by atoms with Crippen LogP contribution in [0.25, 0.3) is 0 Å². The lowest BCUT2D eigenvalue weighted by atomic mass is 10.1. The summed E-state index contributed by atoms with van der Waals surface area (Å²) in [5.74, 6) is 0.598. The van der Waals surface area contributed by atoms with Crippen LogP contribution >= 0.6 is 0 Å². The third kappa shape index (κ3) is 4.41. The van der Waals surface area contributed by atoms with Crippen molar-refractivity contribution in [3.05, 3.63) is 52.8 Å². The molecule has 0 radical (unpaired) electrons. The Morgan fingerprint density at radius 3 is 2.35 bits per heavy atom. The number of Topliss-reactive ketones (excluding diaryl/α,β-unsaturated/α-hetero) is 2. The minimum absolute atomic E-state index is 0.0377. The van der Waals surface area contributed by atoms with Crippen molar-refractivity contribution in [2.75, 3.05) is 20.3 Å². The molecule has 1 aromatic heterocycles. The molecule has 0 N–H and O–H groups in total. The number of carbonyl (C=O) groups is 2. The van der Waals surface area contributed by atoms with E-state index in [1.807, 2.05) is 26.8 Å². The zero-order valence-corrected chi connectivity index (χ0v) is 16.2. The number of ether oxygens (including phenoxy) is 2. The first kappa shape index (κ1) is 19.9. The van der Waals surface area contributed by atoms with Gasteiger partial charge in [-0.05, 0) is 51.1 Å². The number of carbonyl (C=O) groups excluding carboxylic acids is 2. The molecule has 1 aromatic carbocycles. The number of methoxy groups -OCH3 is 1. The summed E-state index contributed by atoms with van der Waals surface area (Å²) in [7, 11) is 1.67. The molecule has 1 atom stereocenters. The third-order valence-electron chi connectivity index (χ3n) is 4.50. The summed E-state index contributed by atoms with van der Waals surface area (Å²) in [6.07, 6.45) is 0.468. The fourth-order valence-corrected chi connectivity index (χ4v) is 3.22. The largest absolute Gasteiger partial charge is 0.485 e. The zero-order valence-electron chi connectivity index (χ0n) is 16.2. The quantitative estimate of drug-likeness (QED) is 0.632. The summed E-state index contributed by atoms with van der Waals surface area (Å²) in [4.78, 5) is 24.2. The molecule has 5 nitrogen and oxygen atoms in total. The molecular weight excluding hydrogens is 330 g/mol. The highest BCUT2D eigenvalue weighted by Crippen LogP contribution is 2.22. The molecule has 2 aromatic rings. The van der Waals surface area contributed by atoms with Crippen LogP contribution in [0.5, 0.6) is 5.75 Å². The minimum Gasteiger partial charge on any atom is -0.485 e. The molecule has 0 bridgehead atoms. The normalized spacial score (nSPS) is 12.0. The predicted octanol–water partition coefficient (Wildman–Crippen LogP) is 4.17. The fraction of sp³-hybridized carbons (Fsp3) is 0.429. The monoisotopic (exact) mass is 357 g/mol. The van der Waals surface area contributed by atoms with Crippen molar-refractivity contribution >= 4 is 11.6 Å². The standard InChI is InChI=1S/C21H27NO4/c1-6-20(23)17-7-9-18(10-8-17)26-13-21(24)19-11-14(2)22(16(19)4)15(3)12-25-5/h7-11,15H,6,12-13H2,1-5H3. The van der Waals surface area contributed by atoms with Gasteiger partial charge in [0.25, 0.3) is 0 Å². The molecule has 0 aliphatic carbocycles. The molecule has 0 aliphatic rings. The van der Waals surface area contributed by atoms with E-state index < -0.39 is 0 Å². The number of rotatable bonds is 9. The Bertz CT molecular complexity index is 774. The maximum Gasteiger partial charge on any atom is 0.202 e. The van der Waals surface area contributed by atoms with Crippen molar-refractivity contribution in [3.8, 4) is 5.75 Å². The van der Waals surface area contributed by atoms with E-state index in [2.05, 4.69) is 11.5 Å². The van der Waals surface area contributed by atoms with Crippen LogP contribution in [0.2, 0.25) is 0 Å². The van der Waals surface area contributed by atoms with E-state index in [-0.39, 0.29) is 24.2 Å². The number of ketones is 2. The average Bonchev–Trinajstić information content (AvgIpc) is 2.94. The second-order valence-corrected chi connectivity index (χ2v) is 6.47. The van der Waals surface area contributed by atoms with Crippen LogP contribution in [-0.2, 0) is 4.74 Å². The predicted molar refractivity (Wildman–Crippen MR) is 101 cm³/mol. The molecule has 0 aliphatic heterocycles. The molecule has 0 amide bonds. The van der Waals surface area contributed by atoms with Crippen LogP contribution in [0.3, 0.4) is 0 Å². The van der Waals surface area contributed by atoms with E-state index in [0.717, 1.165) is 11.4 Å². The van der Waals surface area contributed by atoms with Crippen LogP contribution < -0.4 is 4.74 Å². The Balaban J connectivity index is 2.06. The Morgan fingerprint density at radius 2 is 1.77 bits per heavy atom. The summed E-state index contributed by atoms with van der Waals surface area (Å²) in [6.45, 7) is 8.37. The Labute approximate surface area is 154 Å². The van der Waals surface area contributed by atoms with E-state index in [1.54, 1.807) is 31.4 Å². The highest BCUT2D eigenvalue weighted by atomic mass is 16.5. The number of nitrogens with zero attached hydrogens (tertiary/aromatic N) is 1. The molecular formula is C21H27NO4. The van der Waals surface area contributed by atoms with Gasteiger partial charge in [0.2, 0.25) is 5.78 Å². The van der Waals surface area contributed by atoms with Crippen molar-refractivity contribution < 1.29 is 19.1 Å². The maximum atomic E-state index is 12.6. The molecule has 0 saturated carbocycles. The Hall–Kier alpha value is -2.40. The van der Waals surface area contributed by atoms with Crippen molar-refractivity contribution in [1.82, 2.24) is 4.57 Å². The average molecular weight is 357 g/mol.